The maximum Gasteiger partial charge on any atom is 0.263 e. The summed E-state index contributed by atoms with van der Waals surface area (Å²) in [7, 11) is 0. The molecule has 2 unspecified atom stereocenters. The SMILES string of the molecule is CCC(Oc1ccccc1F)C(=O)N1CCC(C(C)N)CC1.Cl. The summed E-state index contributed by atoms with van der Waals surface area (Å²) in [5, 5.41) is 0. The zero-order valence-corrected chi connectivity index (χ0v) is 14.5. The van der Waals surface area contributed by atoms with Crippen molar-refractivity contribution in [1.82, 2.24) is 4.90 Å². The standard InChI is InChI=1S/C17H25FN2O2.ClH/c1-3-15(22-16-7-5-4-6-14(16)18)17(21)20-10-8-13(9-11-20)12(2)19;/h4-7,12-13,15H,3,8-11,19H2,1-2H3;1H. The third-order valence-corrected chi connectivity index (χ3v) is 4.35. The summed E-state index contributed by atoms with van der Waals surface area (Å²) in [5.74, 6) is 0.100. The minimum absolute atomic E-state index is 0. The van der Waals surface area contributed by atoms with Crippen LogP contribution >= 0.6 is 12.4 Å². The molecule has 1 heterocycles. The fourth-order valence-corrected chi connectivity index (χ4v) is 2.85. The molecule has 0 aliphatic carbocycles. The summed E-state index contributed by atoms with van der Waals surface area (Å²) in [6, 6.07) is 6.34. The Balaban J connectivity index is 0.00000264. The van der Waals surface area contributed by atoms with Crippen molar-refractivity contribution < 1.29 is 13.9 Å². The van der Waals surface area contributed by atoms with E-state index >= 15 is 0 Å². The van der Waals surface area contributed by atoms with Gasteiger partial charge in [-0.15, -0.1) is 12.4 Å². The number of likely N-dealkylation sites (tertiary alicyclic amines) is 1. The Hall–Kier alpha value is -1.33. The number of rotatable bonds is 5. The molecule has 2 N–H and O–H groups in total. The first kappa shape index (κ1) is 19.7. The van der Waals surface area contributed by atoms with E-state index in [1.807, 2.05) is 18.7 Å². The minimum Gasteiger partial charge on any atom is -0.478 e. The van der Waals surface area contributed by atoms with Gasteiger partial charge in [0.05, 0.1) is 0 Å². The van der Waals surface area contributed by atoms with Crippen LogP contribution in [0.25, 0.3) is 0 Å². The molecule has 23 heavy (non-hydrogen) atoms. The molecule has 0 spiro atoms. The molecular formula is C17H26ClFN2O2. The van der Waals surface area contributed by atoms with Crippen molar-refractivity contribution in [3.05, 3.63) is 30.1 Å². The van der Waals surface area contributed by atoms with Gasteiger partial charge < -0.3 is 15.4 Å². The molecular weight excluding hydrogens is 319 g/mol. The van der Waals surface area contributed by atoms with Crippen LogP contribution in [0.1, 0.15) is 33.1 Å². The quantitative estimate of drug-likeness (QED) is 0.893. The van der Waals surface area contributed by atoms with Crippen LogP contribution < -0.4 is 10.5 Å². The van der Waals surface area contributed by atoms with E-state index in [2.05, 4.69) is 0 Å². The highest BCUT2D eigenvalue weighted by molar-refractivity contribution is 5.85. The fourth-order valence-electron chi connectivity index (χ4n) is 2.85. The monoisotopic (exact) mass is 344 g/mol. The zero-order valence-electron chi connectivity index (χ0n) is 13.7. The summed E-state index contributed by atoms with van der Waals surface area (Å²) in [6.07, 6.45) is 1.71. The van der Waals surface area contributed by atoms with Crippen LogP contribution in [-0.4, -0.2) is 36.0 Å². The van der Waals surface area contributed by atoms with Gasteiger partial charge in [0.1, 0.15) is 0 Å². The molecule has 0 bridgehead atoms. The van der Waals surface area contributed by atoms with E-state index in [0.29, 0.717) is 25.4 Å². The van der Waals surface area contributed by atoms with E-state index in [1.54, 1.807) is 18.2 Å². The molecule has 1 fully saturated rings. The van der Waals surface area contributed by atoms with Gasteiger partial charge in [0.25, 0.3) is 5.91 Å². The van der Waals surface area contributed by atoms with Gasteiger partial charge >= 0.3 is 0 Å². The van der Waals surface area contributed by atoms with Crippen LogP contribution in [0.4, 0.5) is 4.39 Å². The lowest BCUT2D eigenvalue weighted by Gasteiger charge is -2.35. The first-order valence-electron chi connectivity index (χ1n) is 7.98. The van der Waals surface area contributed by atoms with E-state index < -0.39 is 11.9 Å². The first-order valence-corrected chi connectivity index (χ1v) is 7.98. The van der Waals surface area contributed by atoms with Crippen molar-refractivity contribution in [2.75, 3.05) is 13.1 Å². The fraction of sp³-hybridized carbons (Fsp3) is 0.588. The average Bonchev–Trinajstić information content (AvgIpc) is 2.53. The molecule has 1 amide bonds. The second-order valence-corrected chi connectivity index (χ2v) is 5.97. The second kappa shape index (κ2) is 9.08. The van der Waals surface area contributed by atoms with Crippen molar-refractivity contribution in [3.8, 4) is 5.75 Å². The highest BCUT2D eigenvalue weighted by Gasteiger charge is 2.30. The Morgan fingerprint density at radius 3 is 2.52 bits per heavy atom. The van der Waals surface area contributed by atoms with Gasteiger partial charge in [0.2, 0.25) is 0 Å². The van der Waals surface area contributed by atoms with Gasteiger partial charge in [0, 0.05) is 19.1 Å². The minimum atomic E-state index is -0.635. The topological polar surface area (TPSA) is 55.6 Å². The number of halogens is 2. The molecule has 1 aliphatic heterocycles. The number of carbonyl (C=O) groups excluding carboxylic acids is 1. The molecule has 4 nitrogen and oxygen atoms in total. The van der Waals surface area contributed by atoms with Gasteiger partial charge in [0.15, 0.2) is 17.7 Å². The molecule has 6 heteroatoms. The number of para-hydroxylation sites is 1. The number of hydrogen-bond acceptors (Lipinski definition) is 3. The lowest BCUT2D eigenvalue weighted by atomic mass is 9.91. The molecule has 2 atom stereocenters. The summed E-state index contributed by atoms with van der Waals surface area (Å²) in [4.78, 5) is 14.4. The number of amides is 1. The molecule has 1 aliphatic rings. The number of piperidine rings is 1. The van der Waals surface area contributed by atoms with Crippen molar-refractivity contribution >= 4 is 18.3 Å². The van der Waals surface area contributed by atoms with E-state index in [9.17, 15) is 9.18 Å². The Labute approximate surface area is 143 Å². The van der Waals surface area contributed by atoms with Gasteiger partial charge in [-0.3, -0.25) is 4.79 Å². The number of nitrogens with two attached hydrogens (primary N) is 1. The van der Waals surface area contributed by atoms with Crippen LogP contribution in [-0.2, 0) is 4.79 Å². The number of hydrogen-bond donors (Lipinski definition) is 1. The number of ether oxygens (including phenoxy) is 1. The lowest BCUT2D eigenvalue weighted by molar-refractivity contribution is -0.140. The predicted molar refractivity (Wildman–Crippen MR) is 91.3 cm³/mol. The molecule has 1 aromatic rings. The average molecular weight is 345 g/mol. The summed E-state index contributed by atoms with van der Waals surface area (Å²) >= 11 is 0. The first-order chi connectivity index (χ1) is 10.5. The molecule has 2 rings (SSSR count). The lowest BCUT2D eigenvalue weighted by Crippen LogP contribution is -2.47. The smallest absolute Gasteiger partial charge is 0.263 e. The largest absolute Gasteiger partial charge is 0.478 e. The maximum atomic E-state index is 13.7. The van der Waals surface area contributed by atoms with Gasteiger partial charge in [-0.05, 0) is 44.2 Å². The van der Waals surface area contributed by atoms with Crippen molar-refractivity contribution in [2.24, 2.45) is 11.7 Å². The second-order valence-electron chi connectivity index (χ2n) is 5.97. The Morgan fingerprint density at radius 1 is 1.39 bits per heavy atom. The summed E-state index contributed by atoms with van der Waals surface area (Å²) in [5.41, 5.74) is 5.92. The Kier molecular flexibility index (Phi) is 7.79. The Morgan fingerprint density at radius 2 is 2.00 bits per heavy atom. The van der Waals surface area contributed by atoms with Crippen LogP contribution in [0, 0.1) is 11.7 Å². The molecule has 0 saturated carbocycles. The van der Waals surface area contributed by atoms with Gasteiger partial charge in [-0.1, -0.05) is 19.1 Å². The third-order valence-electron chi connectivity index (χ3n) is 4.35. The van der Waals surface area contributed by atoms with Crippen molar-refractivity contribution in [1.29, 1.82) is 0 Å². The highest BCUT2D eigenvalue weighted by atomic mass is 35.5. The number of benzene rings is 1. The number of carbonyl (C=O) groups is 1. The Bertz CT molecular complexity index is 505. The van der Waals surface area contributed by atoms with Crippen LogP contribution in [0.15, 0.2) is 24.3 Å². The molecule has 1 aromatic carbocycles. The number of nitrogens with zero attached hydrogens (tertiary/aromatic N) is 1. The van der Waals surface area contributed by atoms with Gasteiger partial charge in [-0.25, -0.2) is 4.39 Å². The normalized spacial score (nSPS) is 18.0. The molecule has 1 saturated heterocycles. The van der Waals surface area contributed by atoms with Crippen LogP contribution in [0.3, 0.4) is 0 Å². The highest BCUT2D eigenvalue weighted by Crippen LogP contribution is 2.23. The van der Waals surface area contributed by atoms with Crippen molar-refractivity contribution in [3.63, 3.8) is 0 Å². The molecule has 0 aromatic heterocycles. The van der Waals surface area contributed by atoms with Crippen LogP contribution in [0.5, 0.6) is 5.75 Å². The zero-order chi connectivity index (χ0) is 16.1. The maximum absolute atomic E-state index is 13.7. The van der Waals surface area contributed by atoms with E-state index in [-0.39, 0.29) is 30.1 Å². The third kappa shape index (κ3) is 5.08. The van der Waals surface area contributed by atoms with E-state index in [1.165, 1.54) is 6.07 Å². The van der Waals surface area contributed by atoms with Crippen LogP contribution in [0.2, 0.25) is 0 Å². The summed E-state index contributed by atoms with van der Waals surface area (Å²) < 4.78 is 19.3. The molecule has 130 valence electrons. The van der Waals surface area contributed by atoms with Gasteiger partial charge in [-0.2, -0.15) is 0 Å². The van der Waals surface area contributed by atoms with Crippen molar-refractivity contribution in [2.45, 2.75) is 45.3 Å². The summed E-state index contributed by atoms with van der Waals surface area (Å²) in [6.45, 7) is 5.28. The molecule has 0 radical (unpaired) electrons. The predicted octanol–water partition coefficient (Wildman–Crippen LogP) is 2.99. The van der Waals surface area contributed by atoms with E-state index in [0.717, 1.165) is 12.8 Å². The van der Waals surface area contributed by atoms with E-state index in [4.69, 9.17) is 10.5 Å².